The van der Waals surface area contributed by atoms with Gasteiger partial charge in [0.05, 0.1) is 5.69 Å². The zero-order valence-corrected chi connectivity index (χ0v) is 20.0. The third-order valence-electron chi connectivity index (χ3n) is 5.54. The molecule has 3 aromatic rings. The molecule has 4 rings (SSSR count). The SMILES string of the molecule is CC(C)(C)OC(=O)N1CCC(c2csc(-c3ccccc3COc3ccc(F)cc3)n2)CC1. The molecule has 0 N–H and O–H groups in total. The van der Waals surface area contributed by atoms with E-state index in [-0.39, 0.29) is 11.9 Å². The monoisotopic (exact) mass is 468 g/mol. The average molecular weight is 469 g/mol. The molecule has 0 bridgehead atoms. The van der Waals surface area contributed by atoms with Crippen LogP contribution in [0.4, 0.5) is 9.18 Å². The number of thiazole rings is 1. The van der Waals surface area contributed by atoms with Gasteiger partial charge in [-0.25, -0.2) is 14.2 Å². The zero-order chi connectivity index (χ0) is 23.4. The van der Waals surface area contributed by atoms with Crippen LogP contribution in [0.2, 0.25) is 0 Å². The Morgan fingerprint density at radius 3 is 2.52 bits per heavy atom. The van der Waals surface area contributed by atoms with E-state index < -0.39 is 5.60 Å². The van der Waals surface area contributed by atoms with Crippen molar-refractivity contribution in [3.05, 3.63) is 71.0 Å². The van der Waals surface area contributed by atoms with E-state index in [9.17, 15) is 9.18 Å². The number of amides is 1. The zero-order valence-electron chi connectivity index (χ0n) is 19.2. The van der Waals surface area contributed by atoms with Gasteiger partial charge < -0.3 is 14.4 Å². The van der Waals surface area contributed by atoms with Crippen molar-refractivity contribution in [1.82, 2.24) is 9.88 Å². The highest BCUT2D eigenvalue weighted by Crippen LogP contribution is 2.34. The van der Waals surface area contributed by atoms with E-state index >= 15 is 0 Å². The predicted octanol–water partition coefficient (Wildman–Crippen LogP) is 6.64. The Morgan fingerprint density at radius 2 is 1.82 bits per heavy atom. The predicted molar refractivity (Wildman–Crippen MR) is 128 cm³/mol. The second-order valence-electron chi connectivity index (χ2n) is 9.22. The maximum Gasteiger partial charge on any atom is 0.410 e. The fraction of sp³-hybridized carbons (Fsp3) is 0.385. The first kappa shape index (κ1) is 23.2. The Morgan fingerprint density at radius 1 is 1.12 bits per heavy atom. The molecule has 2 heterocycles. The van der Waals surface area contributed by atoms with Crippen LogP contribution in [-0.2, 0) is 11.3 Å². The number of rotatable bonds is 5. The van der Waals surface area contributed by atoms with Gasteiger partial charge in [-0.3, -0.25) is 0 Å². The maximum absolute atomic E-state index is 13.1. The molecule has 1 aromatic heterocycles. The number of carbonyl (C=O) groups excluding carboxylic acids is 1. The number of nitrogens with zero attached hydrogens (tertiary/aromatic N) is 2. The topological polar surface area (TPSA) is 51.7 Å². The minimum atomic E-state index is -0.481. The van der Waals surface area contributed by atoms with Gasteiger partial charge in [-0.1, -0.05) is 24.3 Å². The molecule has 7 heteroatoms. The summed E-state index contributed by atoms with van der Waals surface area (Å²) in [6.07, 6.45) is 1.50. The number of piperidine rings is 1. The van der Waals surface area contributed by atoms with Crippen molar-refractivity contribution in [2.24, 2.45) is 0 Å². The molecule has 1 aliphatic heterocycles. The molecule has 1 amide bonds. The second-order valence-corrected chi connectivity index (χ2v) is 10.1. The Labute approximate surface area is 198 Å². The van der Waals surface area contributed by atoms with Crippen molar-refractivity contribution >= 4 is 17.4 Å². The molecule has 5 nitrogen and oxygen atoms in total. The number of ether oxygens (including phenoxy) is 2. The van der Waals surface area contributed by atoms with Gasteiger partial charge in [0.15, 0.2) is 0 Å². The van der Waals surface area contributed by atoms with Crippen LogP contribution in [0.15, 0.2) is 53.9 Å². The standard InChI is InChI=1S/C26H29FN2O3S/c1-26(2,3)32-25(30)29-14-12-18(13-15-29)23-17-33-24(28-23)22-7-5-4-6-19(22)16-31-21-10-8-20(27)9-11-21/h4-11,17-18H,12-16H2,1-3H3. The lowest BCUT2D eigenvalue weighted by Crippen LogP contribution is -2.41. The summed E-state index contributed by atoms with van der Waals surface area (Å²) in [4.78, 5) is 19.1. The van der Waals surface area contributed by atoms with Crippen molar-refractivity contribution in [3.63, 3.8) is 0 Å². The van der Waals surface area contributed by atoms with Crippen molar-refractivity contribution < 1.29 is 18.7 Å². The Hall–Kier alpha value is -2.93. The molecule has 174 valence electrons. The summed E-state index contributed by atoms with van der Waals surface area (Å²) in [6.45, 7) is 7.39. The number of aromatic nitrogens is 1. The van der Waals surface area contributed by atoms with Crippen LogP contribution in [-0.4, -0.2) is 34.7 Å². The lowest BCUT2D eigenvalue weighted by Gasteiger charge is -2.32. The highest BCUT2D eigenvalue weighted by molar-refractivity contribution is 7.13. The van der Waals surface area contributed by atoms with Crippen LogP contribution in [0.5, 0.6) is 5.75 Å². The molecule has 0 aliphatic carbocycles. The van der Waals surface area contributed by atoms with Crippen LogP contribution < -0.4 is 4.74 Å². The largest absolute Gasteiger partial charge is 0.489 e. The van der Waals surface area contributed by atoms with Gasteiger partial charge in [0.25, 0.3) is 0 Å². The molecule has 2 aromatic carbocycles. The molecule has 0 unspecified atom stereocenters. The molecule has 1 fully saturated rings. The molecule has 0 saturated carbocycles. The van der Waals surface area contributed by atoms with E-state index in [1.165, 1.54) is 12.1 Å². The number of likely N-dealkylation sites (tertiary alicyclic amines) is 1. The van der Waals surface area contributed by atoms with Gasteiger partial charge in [-0.05, 0) is 63.4 Å². The number of halogens is 1. The Kier molecular flexibility index (Phi) is 6.98. The highest BCUT2D eigenvalue weighted by Gasteiger charge is 2.28. The minimum absolute atomic E-state index is 0.241. The van der Waals surface area contributed by atoms with Crippen LogP contribution in [0.1, 0.15) is 50.8 Å². The van der Waals surface area contributed by atoms with Crippen molar-refractivity contribution in [1.29, 1.82) is 0 Å². The molecule has 1 saturated heterocycles. The van der Waals surface area contributed by atoms with Crippen LogP contribution in [0.25, 0.3) is 10.6 Å². The number of benzene rings is 2. The molecule has 0 spiro atoms. The van der Waals surface area contributed by atoms with Gasteiger partial charge in [0, 0.05) is 30.0 Å². The van der Waals surface area contributed by atoms with E-state index in [0.717, 1.165) is 34.7 Å². The quantitative estimate of drug-likeness (QED) is 0.421. The number of carbonyl (C=O) groups is 1. The molecular weight excluding hydrogens is 439 g/mol. The van der Waals surface area contributed by atoms with Gasteiger partial charge in [0.2, 0.25) is 0 Å². The normalized spacial score (nSPS) is 14.8. The van der Waals surface area contributed by atoms with Gasteiger partial charge >= 0.3 is 6.09 Å². The molecule has 0 radical (unpaired) electrons. The summed E-state index contributed by atoms with van der Waals surface area (Å²) in [5.41, 5.74) is 2.67. The average Bonchev–Trinajstić information content (AvgIpc) is 3.28. The van der Waals surface area contributed by atoms with E-state index in [1.807, 2.05) is 39.0 Å². The first-order chi connectivity index (χ1) is 15.8. The molecule has 1 aliphatic rings. The summed E-state index contributed by atoms with van der Waals surface area (Å²) in [5, 5.41) is 3.08. The van der Waals surface area contributed by atoms with Gasteiger partial charge in [-0.2, -0.15) is 0 Å². The van der Waals surface area contributed by atoms with Crippen molar-refractivity contribution in [2.45, 2.75) is 51.7 Å². The molecule has 0 atom stereocenters. The van der Waals surface area contributed by atoms with E-state index in [4.69, 9.17) is 14.5 Å². The summed E-state index contributed by atoms with van der Waals surface area (Å²) < 4.78 is 24.5. The fourth-order valence-corrected chi connectivity index (χ4v) is 4.79. The maximum atomic E-state index is 13.1. The second kappa shape index (κ2) is 9.91. The fourth-order valence-electron chi connectivity index (χ4n) is 3.83. The summed E-state index contributed by atoms with van der Waals surface area (Å²) in [5.74, 6) is 0.675. The lowest BCUT2D eigenvalue weighted by molar-refractivity contribution is 0.0204. The van der Waals surface area contributed by atoms with Crippen LogP contribution in [0.3, 0.4) is 0 Å². The smallest absolute Gasteiger partial charge is 0.410 e. The van der Waals surface area contributed by atoms with Gasteiger partial charge in [-0.15, -0.1) is 11.3 Å². The first-order valence-electron chi connectivity index (χ1n) is 11.2. The lowest BCUT2D eigenvalue weighted by atomic mass is 9.94. The van der Waals surface area contributed by atoms with Crippen molar-refractivity contribution in [2.75, 3.05) is 13.1 Å². The van der Waals surface area contributed by atoms with E-state index in [2.05, 4.69) is 11.4 Å². The molecule has 33 heavy (non-hydrogen) atoms. The number of hydrogen-bond acceptors (Lipinski definition) is 5. The van der Waals surface area contributed by atoms with E-state index in [1.54, 1.807) is 28.4 Å². The third-order valence-corrected chi connectivity index (χ3v) is 6.44. The first-order valence-corrected chi connectivity index (χ1v) is 12.1. The van der Waals surface area contributed by atoms with Crippen LogP contribution >= 0.6 is 11.3 Å². The third kappa shape index (κ3) is 6.11. The minimum Gasteiger partial charge on any atom is -0.489 e. The summed E-state index contributed by atoms with van der Waals surface area (Å²) >= 11 is 1.63. The van der Waals surface area contributed by atoms with E-state index in [0.29, 0.717) is 31.4 Å². The Balaban J connectivity index is 1.40. The highest BCUT2D eigenvalue weighted by atomic mass is 32.1. The van der Waals surface area contributed by atoms with Gasteiger partial charge in [0.1, 0.15) is 28.8 Å². The van der Waals surface area contributed by atoms with Crippen LogP contribution in [0, 0.1) is 5.82 Å². The molecular formula is C26H29FN2O3S. The number of hydrogen-bond donors (Lipinski definition) is 0. The summed E-state index contributed by atoms with van der Waals surface area (Å²) in [7, 11) is 0. The summed E-state index contributed by atoms with van der Waals surface area (Å²) in [6, 6.07) is 14.1. The van der Waals surface area contributed by atoms with Crippen molar-refractivity contribution in [3.8, 4) is 16.3 Å². The Bertz CT molecular complexity index is 1080.